The van der Waals surface area contributed by atoms with Gasteiger partial charge in [-0.3, -0.25) is 4.79 Å². The summed E-state index contributed by atoms with van der Waals surface area (Å²) in [5.41, 5.74) is -1.27. The van der Waals surface area contributed by atoms with Gasteiger partial charge in [0.25, 0.3) is 5.91 Å². The predicted octanol–water partition coefficient (Wildman–Crippen LogP) is 2.81. The van der Waals surface area contributed by atoms with Crippen molar-refractivity contribution in [3.63, 3.8) is 0 Å². The molecule has 0 aliphatic carbocycles. The summed E-state index contributed by atoms with van der Waals surface area (Å²) in [6, 6.07) is 10.1. The Bertz CT molecular complexity index is 1330. The Kier molecular flexibility index (Phi) is 5.57. The van der Waals surface area contributed by atoms with Crippen molar-refractivity contribution < 1.29 is 22.4 Å². The van der Waals surface area contributed by atoms with Crippen LogP contribution in [0.4, 0.5) is 17.6 Å². The number of amides is 1. The van der Waals surface area contributed by atoms with Gasteiger partial charge in [0.2, 0.25) is 0 Å². The van der Waals surface area contributed by atoms with E-state index in [0.717, 1.165) is 16.8 Å². The fourth-order valence-corrected chi connectivity index (χ4v) is 2.87. The lowest BCUT2D eigenvalue weighted by molar-refractivity contribution is -0.141. The van der Waals surface area contributed by atoms with Gasteiger partial charge in [-0.25, -0.2) is 19.0 Å². The van der Waals surface area contributed by atoms with Crippen LogP contribution in [0.5, 0.6) is 0 Å². The first-order chi connectivity index (χ1) is 15.8. The lowest BCUT2D eigenvalue weighted by atomic mass is 10.3. The van der Waals surface area contributed by atoms with Crippen LogP contribution in [0.1, 0.15) is 27.6 Å². The number of nitrogens with zero attached hydrogens (tertiary/aromatic N) is 7. The summed E-state index contributed by atoms with van der Waals surface area (Å²) in [6.07, 6.45) is -2.24. The van der Waals surface area contributed by atoms with Gasteiger partial charge in [-0.05, 0) is 36.4 Å². The molecule has 0 aliphatic rings. The van der Waals surface area contributed by atoms with E-state index in [-0.39, 0.29) is 18.1 Å². The highest BCUT2D eigenvalue weighted by atomic mass is 19.4. The van der Waals surface area contributed by atoms with Gasteiger partial charge < -0.3 is 5.32 Å². The molecule has 9 nitrogen and oxygen atoms in total. The van der Waals surface area contributed by atoms with Crippen molar-refractivity contribution in [1.29, 1.82) is 5.26 Å². The number of pyridine rings is 1. The molecule has 0 radical (unpaired) electrons. The first-order valence-electron chi connectivity index (χ1n) is 9.23. The average molecular weight is 456 g/mol. The molecule has 4 aromatic rings. The zero-order valence-corrected chi connectivity index (χ0v) is 16.5. The number of nitriles is 1. The summed E-state index contributed by atoms with van der Waals surface area (Å²) in [7, 11) is 0. The molecule has 0 atom stereocenters. The van der Waals surface area contributed by atoms with Crippen molar-refractivity contribution in [2.75, 3.05) is 0 Å². The Morgan fingerprint density at radius 2 is 1.85 bits per heavy atom. The van der Waals surface area contributed by atoms with Crippen LogP contribution in [0.3, 0.4) is 0 Å². The fraction of sp³-hybridized carbons (Fsp3) is 0.100. The number of rotatable bonds is 5. The van der Waals surface area contributed by atoms with Crippen LogP contribution < -0.4 is 5.32 Å². The standard InChI is InChI=1S/C20H12F4N8O/c21-13-2-4-14(5-3-13)31-15(7-16(30-31)20(22,23)24)19(33)27-10-18-28-11-29-32(18)17-6-1-12(8-25)9-26-17/h1-7,9,11H,10H2,(H,27,33). The molecular weight excluding hydrogens is 444 g/mol. The topological polar surface area (TPSA) is 114 Å². The zero-order chi connectivity index (χ0) is 23.6. The number of hydrogen-bond donors (Lipinski definition) is 1. The van der Waals surface area contributed by atoms with E-state index in [1.165, 1.54) is 41.5 Å². The van der Waals surface area contributed by atoms with Crippen LogP contribution >= 0.6 is 0 Å². The minimum absolute atomic E-state index is 0.0713. The molecule has 3 heterocycles. The third-order valence-corrected chi connectivity index (χ3v) is 4.42. The largest absolute Gasteiger partial charge is 0.435 e. The summed E-state index contributed by atoms with van der Waals surface area (Å²) in [5.74, 6) is -0.899. The lowest BCUT2D eigenvalue weighted by Crippen LogP contribution is -2.27. The van der Waals surface area contributed by atoms with Crippen molar-refractivity contribution >= 4 is 5.91 Å². The molecule has 1 amide bonds. The van der Waals surface area contributed by atoms with Gasteiger partial charge in [0, 0.05) is 12.3 Å². The second-order valence-corrected chi connectivity index (χ2v) is 6.59. The molecule has 4 rings (SSSR count). The number of benzene rings is 1. The van der Waals surface area contributed by atoms with Gasteiger partial charge in [0.15, 0.2) is 17.3 Å². The van der Waals surface area contributed by atoms with E-state index in [0.29, 0.717) is 17.4 Å². The minimum Gasteiger partial charge on any atom is -0.343 e. The highest BCUT2D eigenvalue weighted by Crippen LogP contribution is 2.29. The van der Waals surface area contributed by atoms with Gasteiger partial charge in [-0.1, -0.05) is 0 Å². The number of carbonyl (C=O) groups excluding carboxylic acids is 1. The summed E-state index contributed by atoms with van der Waals surface area (Å²) in [6.45, 7) is -0.198. The van der Waals surface area contributed by atoms with Crippen molar-refractivity contribution in [3.05, 3.63) is 83.6 Å². The molecule has 0 bridgehead atoms. The van der Waals surface area contributed by atoms with E-state index >= 15 is 0 Å². The number of halogens is 4. The first kappa shape index (κ1) is 21.6. The number of alkyl halides is 3. The molecule has 3 aromatic heterocycles. The van der Waals surface area contributed by atoms with E-state index in [1.54, 1.807) is 0 Å². The summed E-state index contributed by atoms with van der Waals surface area (Å²) in [5, 5.41) is 18.8. The summed E-state index contributed by atoms with van der Waals surface area (Å²) >= 11 is 0. The molecule has 13 heteroatoms. The highest BCUT2D eigenvalue weighted by Gasteiger charge is 2.36. The van der Waals surface area contributed by atoms with E-state index in [1.807, 2.05) is 6.07 Å². The van der Waals surface area contributed by atoms with Gasteiger partial charge in [0.1, 0.15) is 23.9 Å². The van der Waals surface area contributed by atoms with Crippen LogP contribution in [0, 0.1) is 17.1 Å². The predicted molar refractivity (Wildman–Crippen MR) is 104 cm³/mol. The van der Waals surface area contributed by atoms with E-state index in [2.05, 4.69) is 25.5 Å². The number of carbonyl (C=O) groups is 1. The van der Waals surface area contributed by atoms with Crippen molar-refractivity contribution in [1.82, 2.24) is 34.8 Å². The molecule has 1 aromatic carbocycles. The smallest absolute Gasteiger partial charge is 0.343 e. The molecular formula is C20H12F4N8O. The lowest BCUT2D eigenvalue weighted by Gasteiger charge is -2.09. The summed E-state index contributed by atoms with van der Waals surface area (Å²) < 4.78 is 55.0. The maximum absolute atomic E-state index is 13.2. The Morgan fingerprint density at radius 3 is 2.48 bits per heavy atom. The van der Waals surface area contributed by atoms with E-state index in [4.69, 9.17) is 5.26 Å². The van der Waals surface area contributed by atoms with Gasteiger partial charge in [-0.15, -0.1) is 0 Å². The van der Waals surface area contributed by atoms with Crippen LogP contribution in [0.25, 0.3) is 11.5 Å². The third-order valence-electron chi connectivity index (χ3n) is 4.42. The molecule has 166 valence electrons. The number of aromatic nitrogens is 6. The zero-order valence-electron chi connectivity index (χ0n) is 16.5. The Balaban J connectivity index is 1.59. The molecule has 33 heavy (non-hydrogen) atoms. The first-order valence-corrected chi connectivity index (χ1v) is 9.23. The number of hydrogen-bond acceptors (Lipinski definition) is 6. The maximum atomic E-state index is 13.2. The molecule has 0 spiro atoms. The SMILES string of the molecule is N#Cc1ccc(-n2ncnc2CNC(=O)c2cc(C(F)(F)F)nn2-c2ccc(F)cc2)nc1. The van der Waals surface area contributed by atoms with Gasteiger partial charge >= 0.3 is 6.18 Å². The van der Waals surface area contributed by atoms with Crippen LogP contribution in [-0.4, -0.2) is 35.4 Å². The fourth-order valence-electron chi connectivity index (χ4n) is 2.87. The highest BCUT2D eigenvalue weighted by molar-refractivity contribution is 5.93. The van der Waals surface area contributed by atoms with Crippen molar-refractivity contribution in [2.45, 2.75) is 12.7 Å². The average Bonchev–Trinajstić information content (AvgIpc) is 3.45. The minimum atomic E-state index is -4.79. The van der Waals surface area contributed by atoms with Crippen LogP contribution in [0.15, 0.2) is 55.0 Å². The quantitative estimate of drug-likeness (QED) is 0.462. The van der Waals surface area contributed by atoms with Crippen molar-refractivity contribution in [3.8, 4) is 17.6 Å². The normalized spacial score (nSPS) is 11.2. The second-order valence-electron chi connectivity index (χ2n) is 6.59. The van der Waals surface area contributed by atoms with E-state index in [9.17, 15) is 22.4 Å². The Hall–Kier alpha value is -4.60. The number of nitrogens with one attached hydrogen (secondary N) is 1. The maximum Gasteiger partial charge on any atom is 0.435 e. The van der Waals surface area contributed by atoms with Crippen LogP contribution in [0.2, 0.25) is 0 Å². The van der Waals surface area contributed by atoms with Gasteiger partial charge in [-0.2, -0.15) is 33.3 Å². The Labute approximate surface area is 182 Å². The molecule has 0 fully saturated rings. The third kappa shape index (κ3) is 4.54. The molecule has 0 saturated carbocycles. The molecule has 1 N–H and O–H groups in total. The summed E-state index contributed by atoms with van der Waals surface area (Å²) in [4.78, 5) is 20.9. The second kappa shape index (κ2) is 8.50. The Morgan fingerprint density at radius 1 is 1.09 bits per heavy atom. The monoisotopic (exact) mass is 456 g/mol. The molecule has 0 unspecified atom stereocenters. The van der Waals surface area contributed by atoms with Crippen molar-refractivity contribution in [2.24, 2.45) is 0 Å². The van der Waals surface area contributed by atoms with E-state index < -0.39 is 29.3 Å². The van der Waals surface area contributed by atoms with Gasteiger partial charge in [0.05, 0.1) is 17.8 Å². The molecule has 0 aliphatic heterocycles. The van der Waals surface area contributed by atoms with Crippen LogP contribution in [-0.2, 0) is 12.7 Å². The molecule has 0 saturated heterocycles.